The summed E-state index contributed by atoms with van der Waals surface area (Å²) < 4.78 is 5.49. The second-order valence-corrected chi connectivity index (χ2v) is 6.98. The third kappa shape index (κ3) is 2.70. The average Bonchev–Trinajstić information content (AvgIpc) is 2.91. The van der Waals surface area contributed by atoms with Crippen LogP contribution in [0.1, 0.15) is 57.8 Å². The standard InChI is InChI=1S/C16H29NO2/c1-19-14-5-10-17(11-6-14)15-12-13(18)4-9-16(15)7-2-3-8-16/h13-15,18H,2-12H2,1H3. The first-order valence-electron chi connectivity index (χ1n) is 8.18. The lowest BCUT2D eigenvalue weighted by Crippen LogP contribution is -2.54. The van der Waals surface area contributed by atoms with E-state index in [1.807, 2.05) is 7.11 Å². The number of likely N-dealkylation sites (tertiary alicyclic amines) is 1. The Labute approximate surface area is 117 Å². The van der Waals surface area contributed by atoms with E-state index in [0.29, 0.717) is 17.6 Å². The number of methoxy groups -OCH3 is 1. The van der Waals surface area contributed by atoms with Crippen LogP contribution in [-0.4, -0.2) is 48.5 Å². The predicted octanol–water partition coefficient (Wildman–Crippen LogP) is 2.57. The number of aliphatic hydroxyl groups excluding tert-OH is 1. The predicted molar refractivity (Wildman–Crippen MR) is 76.2 cm³/mol. The molecule has 0 bridgehead atoms. The van der Waals surface area contributed by atoms with E-state index in [1.165, 1.54) is 44.9 Å². The summed E-state index contributed by atoms with van der Waals surface area (Å²) >= 11 is 0. The van der Waals surface area contributed by atoms with Crippen LogP contribution in [0.3, 0.4) is 0 Å². The maximum Gasteiger partial charge on any atom is 0.0595 e. The Kier molecular flexibility index (Phi) is 4.16. The van der Waals surface area contributed by atoms with Crippen LogP contribution in [-0.2, 0) is 4.74 Å². The van der Waals surface area contributed by atoms with E-state index >= 15 is 0 Å². The molecule has 3 fully saturated rings. The second kappa shape index (κ2) is 5.71. The molecular formula is C16H29NO2. The molecule has 3 aliphatic rings. The number of ether oxygens (including phenoxy) is 1. The molecule has 0 amide bonds. The molecule has 3 heteroatoms. The first kappa shape index (κ1) is 13.8. The molecule has 19 heavy (non-hydrogen) atoms. The zero-order valence-corrected chi connectivity index (χ0v) is 12.3. The highest BCUT2D eigenvalue weighted by Crippen LogP contribution is 2.51. The van der Waals surface area contributed by atoms with E-state index in [2.05, 4.69) is 4.90 Å². The molecule has 1 spiro atoms. The molecular weight excluding hydrogens is 238 g/mol. The molecule has 2 aliphatic carbocycles. The fourth-order valence-electron chi connectivity index (χ4n) is 4.87. The number of hydrogen-bond acceptors (Lipinski definition) is 3. The minimum Gasteiger partial charge on any atom is -0.393 e. The lowest BCUT2D eigenvalue weighted by Gasteiger charge is -2.50. The molecule has 2 unspecified atom stereocenters. The minimum absolute atomic E-state index is 0.0589. The van der Waals surface area contributed by atoms with E-state index in [9.17, 15) is 5.11 Å². The van der Waals surface area contributed by atoms with Crippen LogP contribution in [0.2, 0.25) is 0 Å². The first-order chi connectivity index (χ1) is 9.23. The fraction of sp³-hybridized carbons (Fsp3) is 1.00. The minimum atomic E-state index is -0.0589. The van der Waals surface area contributed by atoms with Crippen LogP contribution in [0, 0.1) is 5.41 Å². The van der Waals surface area contributed by atoms with Gasteiger partial charge < -0.3 is 9.84 Å². The molecule has 0 aromatic rings. The van der Waals surface area contributed by atoms with Gasteiger partial charge in [-0.05, 0) is 50.4 Å². The Morgan fingerprint density at radius 3 is 2.37 bits per heavy atom. The van der Waals surface area contributed by atoms with Gasteiger partial charge in [-0.1, -0.05) is 12.8 Å². The molecule has 0 aromatic carbocycles. The highest BCUT2D eigenvalue weighted by atomic mass is 16.5. The summed E-state index contributed by atoms with van der Waals surface area (Å²) in [4.78, 5) is 2.68. The topological polar surface area (TPSA) is 32.7 Å². The molecule has 0 radical (unpaired) electrons. The molecule has 3 nitrogen and oxygen atoms in total. The summed E-state index contributed by atoms with van der Waals surface area (Å²) in [6, 6.07) is 0.636. The monoisotopic (exact) mass is 267 g/mol. The van der Waals surface area contributed by atoms with Gasteiger partial charge in [0.1, 0.15) is 0 Å². The Balaban J connectivity index is 1.69. The van der Waals surface area contributed by atoms with Crippen LogP contribution in [0.15, 0.2) is 0 Å². The molecule has 1 aliphatic heterocycles. The largest absolute Gasteiger partial charge is 0.393 e. The molecule has 2 saturated carbocycles. The van der Waals surface area contributed by atoms with Gasteiger partial charge in [0.25, 0.3) is 0 Å². The normalized spacial score (nSPS) is 36.9. The highest BCUT2D eigenvalue weighted by molar-refractivity contribution is 5.01. The van der Waals surface area contributed by atoms with Gasteiger partial charge in [0.05, 0.1) is 12.2 Å². The van der Waals surface area contributed by atoms with Crippen LogP contribution in [0.4, 0.5) is 0 Å². The van der Waals surface area contributed by atoms with E-state index < -0.39 is 0 Å². The van der Waals surface area contributed by atoms with Crippen molar-refractivity contribution in [1.29, 1.82) is 0 Å². The average molecular weight is 267 g/mol. The Morgan fingerprint density at radius 1 is 1.05 bits per heavy atom. The highest BCUT2D eigenvalue weighted by Gasteiger charge is 2.47. The second-order valence-electron chi connectivity index (χ2n) is 6.98. The quantitative estimate of drug-likeness (QED) is 0.834. The van der Waals surface area contributed by atoms with Crippen molar-refractivity contribution < 1.29 is 9.84 Å². The number of hydrogen-bond donors (Lipinski definition) is 1. The number of rotatable bonds is 2. The summed E-state index contributed by atoms with van der Waals surface area (Å²) in [5.74, 6) is 0. The number of aliphatic hydroxyl groups is 1. The smallest absolute Gasteiger partial charge is 0.0595 e. The summed E-state index contributed by atoms with van der Waals surface area (Å²) in [5.41, 5.74) is 0.541. The lowest BCUT2D eigenvalue weighted by atomic mass is 9.67. The van der Waals surface area contributed by atoms with Gasteiger partial charge >= 0.3 is 0 Å². The summed E-state index contributed by atoms with van der Waals surface area (Å²) in [6.45, 7) is 2.33. The maximum absolute atomic E-state index is 10.1. The number of piperidine rings is 1. The Bertz CT molecular complexity index is 293. The van der Waals surface area contributed by atoms with Crippen molar-refractivity contribution in [3.05, 3.63) is 0 Å². The molecule has 110 valence electrons. The van der Waals surface area contributed by atoms with Gasteiger partial charge in [0, 0.05) is 26.2 Å². The van der Waals surface area contributed by atoms with E-state index in [4.69, 9.17) is 4.74 Å². The zero-order chi connectivity index (χ0) is 13.3. The summed E-state index contributed by atoms with van der Waals surface area (Å²) in [7, 11) is 1.84. The van der Waals surface area contributed by atoms with Crippen molar-refractivity contribution in [3.63, 3.8) is 0 Å². The van der Waals surface area contributed by atoms with Crippen molar-refractivity contribution in [1.82, 2.24) is 4.90 Å². The van der Waals surface area contributed by atoms with Gasteiger partial charge in [-0.15, -0.1) is 0 Å². The van der Waals surface area contributed by atoms with Crippen LogP contribution < -0.4 is 0 Å². The van der Waals surface area contributed by atoms with Crippen LogP contribution in [0.5, 0.6) is 0 Å². The van der Waals surface area contributed by atoms with Crippen molar-refractivity contribution in [2.45, 2.75) is 76.0 Å². The van der Waals surface area contributed by atoms with Crippen LogP contribution >= 0.6 is 0 Å². The van der Waals surface area contributed by atoms with E-state index in [0.717, 1.165) is 25.9 Å². The molecule has 0 aromatic heterocycles. The zero-order valence-electron chi connectivity index (χ0n) is 12.3. The fourth-order valence-corrected chi connectivity index (χ4v) is 4.87. The van der Waals surface area contributed by atoms with Crippen molar-refractivity contribution >= 4 is 0 Å². The molecule has 1 saturated heterocycles. The lowest BCUT2D eigenvalue weighted by molar-refractivity contribution is -0.0521. The maximum atomic E-state index is 10.1. The van der Waals surface area contributed by atoms with E-state index in [1.54, 1.807) is 0 Å². The Hall–Kier alpha value is -0.120. The first-order valence-corrected chi connectivity index (χ1v) is 8.18. The Morgan fingerprint density at radius 2 is 1.74 bits per heavy atom. The summed E-state index contributed by atoms with van der Waals surface area (Å²) in [6.07, 6.45) is 11.6. The molecule has 1 N–H and O–H groups in total. The third-order valence-corrected chi connectivity index (χ3v) is 6.03. The van der Waals surface area contributed by atoms with E-state index in [-0.39, 0.29) is 6.10 Å². The van der Waals surface area contributed by atoms with Gasteiger partial charge in [-0.3, -0.25) is 4.90 Å². The van der Waals surface area contributed by atoms with Crippen molar-refractivity contribution in [2.75, 3.05) is 20.2 Å². The van der Waals surface area contributed by atoms with Gasteiger partial charge in [-0.2, -0.15) is 0 Å². The van der Waals surface area contributed by atoms with Crippen molar-refractivity contribution in [3.8, 4) is 0 Å². The summed E-state index contributed by atoms with van der Waals surface area (Å²) in [5, 5.41) is 10.1. The molecule has 2 atom stereocenters. The van der Waals surface area contributed by atoms with Gasteiger partial charge in [0.15, 0.2) is 0 Å². The third-order valence-electron chi connectivity index (χ3n) is 6.03. The molecule has 1 heterocycles. The van der Waals surface area contributed by atoms with Gasteiger partial charge in [-0.25, -0.2) is 0 Å². The number of nitrogens with zero attached hydrogens (tertiary/aromatic N) is 1. The molecule has 3 rings (SSSR count). The van der Waals surface area contributed by atoms with Crippen LogP contribution in [0.25, 0.3) is 0 Å². The van der Waals surface area contributed by atoms with Crippen molar-refractivity contribution in [2.24, 2.45) is 5.41 Å². The van der Waals surface area contributed by atoms with Gasteiger partial charge in [0.2, 0.25) is 0 Å². The SMILES string of the molecule is COC1CCN(C2CC(O)CCC23CCCC3)CC1.